The Morgan fingerprint density at radius 2 is 2.33 bits per heavy atom. The Kier molecular flexibility index (Phi) is 3.67. The first kappa shape index (κ1) is 9.13. The smallest absolute Gasteiger partial charge is 0.141 e. The quantitative estimate of drug-likeness (QED) is 0.692. The molecule has 0 saturated carbocycles. The number of pyridine rings is 1. The first-order valence-electron chi connectivity index (χ1n) is 4.13. The monoisotopic (exact) mass is 168 g/mol. The van der Waals surface area contributed by atoms with Crippen molar-refractivity contribution in [3.8, 4) is 0 Å². The summed E-state index contributed by atoms with van der Waals surface area (Å²) in [5, 5.41) is 3.17. The van der Waals surface area contributed by atoms with E-state index in [0.717, 1.165) is 18.5 Å². The van der Waals surface area contributed by atoms with Crippen LogP contribution in [0.15, 0.2) is 18.5 Å². The minimum absolute atomic E-state index is 0.272. The lowest BCUT2D eigenvalue weighted by Gasteiger charge is -2.01. The number of aromatic nitrogens is 1. The highest BCUT2D eigenvalue weighted by molar-refractivity contribution is 5.09. The summed E-state index contributed by atoms with van der Waals surface area (Å²) >= 11 is 0. The van der Waals surface area contributed by atoms with Crippen molar-refractivity contribution < 1.29 is 4.39 Å². The number of nitrogens with one attached hydrogen (secondary N) is 1. The summed E-state index contributed by atoms with van der Waals surface area (Å²) in [6.07, 6.45) is 3.97. The summed E-state index contributed by atoms with van der Waals surface area (Å²) in [5.41, 5.74) is 0.892. The van der Waals surface area contributed by atoms with Crippen LogP contribution in [-0.4, -0.2) is 11.5 Å². The average molecular weight is 168 g/mol. The molecule has 12 heavy (non-hydrogen) atoms. The van der Waals surface area contributed by atoms with Crippen LogP contribution < -0.4 is 5.32 Å². The van der Waals surface area contributed by atoms with Crippen LogP contribution in [0.4, 0.5) is 4.39 Å². The van der Waals surface area contributed by atoms with Crippen LogP contribution in [-0.2, 0) is 6.54 Å². The molecule has 0 aromatic carbocycles. The maximum Gasteiger partial charge on any atom is 0.141 e. The predicted octanol–water partition coefficient (Wildman–Crippen LogP) is 1.72. The number of hydrogen-bond acceptors (Lipinski definition) is 2. The second-order valence-electron chi connectivity index (χ2n) is 2.69. The second-order valence-corrected chi connectivity index (χ2v) is 2.69. The summed E-state index contributed by atoms with van der Waals surface area (Å²) in [7, 11) is 0. The Hall–Kier alpha value is -0.960. The summed E-state index contributed by atoms with van der Waals surface area (Å²) in [6.45, 7) is 3.74. The van der Waals surface area contributed by atoms with Crippen LogP contribution in [0, 0.1) is 5.82 Å². The van der Waals surface area contributed by atoms with E-state index in [-0.39, 0.29) is 5.82 Å². The number of hydrogen-bond donors (Lipinski definition) is 1. The minimum Gasteiger partial charge on any atom is -0.313 e. The first-order valence-corrected chi connectivity index (χ1v) is 4.13. The zero-order chi connectivity index (χ0) is 8.81. The van der Waals surface area contributed by atoms with Gasteiger partial charge in [-0.1, -0.05) is 6.92 Å². The molecule has 0 saturated heterocycles. The Morgan fingerprint density at radius 1 is 1.50 bits per heavy atom. The highest BCUT2D eigenvalue weighted by atomic mass is 19.1. The van der Waals surface area contributed by atoms with Crippen LogP contribution in [0.5, 0.6) is 0 Å². The van der Waals surface area contributed by atoms with Gasteiger partial charge >= 0.3 is 0 Å². The molecular weight excluding hydrogens is 155 g/mol. The van der Waals surface area contributed by atoms with Gasteiger partial charge in [0.2, 0.25) is 0 Å². The molecule has 1 aromatic heterocycles. The number of nitrogens with zero attached hydrogens (tertiary/aromatic N) is 1. The molecule has 0 aliphatic carbocycles. The Morgan fingerprint density at radius 3 is 3.00 bits per heavy atom. The van der Waals surface area contributed by atoms with E-state index >= 15 is 0 Å². The van der Waals surface area contributed by atoms with E-state index in [4.69, 9.17) is 0 Å². The highest BCUT2D eigenvalue weighted by Gasteiger charge is 1.94. The molecule has 1 N–H and O–H groups in total. The van der Waals surface area contributed by atoms with Crippen LogP contribution in [0.2, 0.25) is 0 Å². The fourth-order valence-corrected chi connectivity index (χ4v) is 0.962. The predicted molar refractivity (Wildman–Crippen MR) is 46.2 cm³/mol. The van der Waals surface area contributed by atoms with E-state index in [9.17, 15) is 4.39 Å². The molecule has 1 aromatic rings. The SMILES string of the molecule is CCCNCc1cncc(F)c1. The normalized spacial score (nSPS) is 10.2. The van der Waals surface area contributed by atoms with E-state index in [2.05, 4.69) is 17.2 Å². The molecule has 0 spiro atoms. The fourth-order valence-electron chi connectivity index (χ4n) is 0.962. The van der Waals surface area contributed by atoms with Crippen molar-refractivity contribution in [2.24, 2.45) is 0 Å². The van der Waals surface area contributed by atoms with Crippen molar-refractivity contribution in [2.45, 2.75) is 19.9 Å². The Labute approximate surface area is 71.8 Å². The molecule has 0 amide bonds. The lowest BCUT2D eigenvalue weighted by atomic mass is 10.3. The van der Waals surface area contributed by atoms with Crippen molar-refractivity contribution in [3.63, 3.8) is 0 Å². The molecule has 1 heterocycles. The summed E-state index contributed by atoms with van der Waals surface area (Å²) in [5.74, 6) is -0.272. The number of halogens is 1. The molecule has 1 rings (SSSR count). The van der Waals surface area contributed by atoms with Crippen molar-refractivity contribution >= 4 is 0 Å². The third-order valence-electron chi connectivity index (χ3n) is 1.52. The van der Waals surface area contributed by atoms with Crippen LogP contribution in [0.25, 0.3) is 0 Å². The topological polar surface area (TPSA) is 24.9 Å². The maximum absolute atomic E-state index is 12.6. The largest absolute Gasteiger partial charge is 0.313 e. The molecule has 0 aliphatic heterocycles. The Balaban J connectivity index is 2.41. The second kappa shape index (κ2) is 4.83. The van der Waals surface area contributed by atoms with E-state index in [1.165, 1.54) is 12.3 Å². The van der Waals surface area contributed by atoms with Crippen LogP contribution in [0.1, 0.15) is 18.9 Å². The van der Waals surface area contributed by atoms with Gasteiger partial charge in [-0.15, -0.1) is 0 Å². The van der Waals surface area contributed by atoms with Gasteiger partial charge in [0.25, 0.3) is 0 Å². The molecular formula is C9H13FN2. The molecule has 0 unspecified atom stereocenters. The van der Waals surface area contributed by atoms with Crippen LogP contribution in [0.3, 0.4) is 0 Å². The third-order valence-corrected chi connectivity index (χ3v) is 1.52. The van der Waals surface area contributed by atoms with E-state index in [1.807, 2.05) is 0 Å². The van der Waals surface area contributed by atoms with Gasteiger partial charge in [-0.2, -0.15) is 0 Å². The molecule has 0 aliphatic rings. The van der Waals surface area contributed by atoms with E-state index in [0.29, 0.717) is 6.54 Å². The Bertz CT molecular complexity index is 238. The van der Waals surface area contributed by atoms with Crippen molar-refractivity contribution in [1.82, 2.24) is 10.3 Å². The maximum atomic E-state index is 12.6. The van der Waals surface area contributed by atoms with Gasteiger partial charge in [0.15, 0.2) is 0 Å². The summed E-state index contributed by atoms with van der Waals surface area (Å²) < 4.78 is 12.6. The third kappa shape index (κ3) is 2.96. The van der Waals surface area contributed by atoms with Gasteiger partial charge in [0, 0.05) is 12.7 Å². The van der Waals surface area contributed by atoms with Gasteiger partial charge in [0.05, 0.1) is 6.20 Å². The summed E-state index contributed by atoms with van der Waals surface area (Å²) in [4.78, 5) is 3.75. The average Bonchev–Trinajstić information content (AvgIpc) is 2.05. The van der Waals surface area contributed by atoms with Gasteiger partial charge in [-0.25, -0.2) is 4.39 Å². The van der Waals surface area contributed by atoms with E-state index < -0.39 is 0 Å². The zero-order valence-electron chi connectivity index (χ0n) is 7.18. The van der Waals surface area contributed by atoms with Crippen molar-refractivity contribution in [3.05, 3.63) is 29.8 Å². The van der Waals surface area contributed by atoms with Gasteiger partial charge in [0.1, 0.15) is 5.82 Å². The fraction of sp³-hybridized carbons (Fsp3) is 0.444. The van der Waals surface area contributed by atoms with Crippen molar-refractivity contribution in [2.75, 3.05) is 6.54 Å². The van der Waals surface area contributed by atoms with Crippen molar-refractivity contribution in [1.29, 1.82) is 0 Å². The molecule has 66 valence electrons. The lowest BCUT2D eigenvalue weighted by molar-refractivity contribution is 0.611. The lowest BCUT2D eigenvalue weighted by Crippen LogP contribution is -2.13. The number of rotatable bonds is 4. The first-order chi connectivity index (χ1) is 5.83. The van der Waals surface area contributed by atoms with E-state index in [1.54, 1.807) is 6.20 Å². The molecule has 2 nitrogen and oxygen atoms in total. The highest BCUT2D eigenvalue weighted by Crippen LogP contribution is 1.99. The molecule has 0 radical (unpaired) electrons. The molecule has 0 fully saturated rings. The standard InChI is InChI=1S/C9H13FN2/c1-2-3-11-5-8-4-9(10)7-12-6-8/h4,6-7,11H,2-3,5H2,1H3. The molecule has 0 atom stereocenters. The molecule has 3 heteroatoms. The zero-order valence-corrected chi connectivity index (χ0v) is 7.18. The van der Waals surface area contributed by atoms with Gasteiger partial charge in [-0.3, -0.25) is 4.98 Å². The van der Waals surface area contributed by atoms with Crippen LogP contribution >= 0.6 is 0 Å². The minimum atomic E-state index is -0.272. The summed E-state index contributed by atoms with van der Waals surface area (Å²) in [6, 6.07) is 1.50. The molecule has 0 bridgehead atoms. The van der Waals surface area contributed by atoms with Gasteiger partial charge < -0.3 is 5.32 Å². The van der Waals surface area contributed by atoms with Gasteiger partial charge in [-0.05, 0) is 24.6 Å².